The van der Waals surface area contributed by atoms with E-state index < -0.39 is 101 Å². The van der Waals surface area contributed by atoms with Crippen LogP contribution in [0.1, 0.15) is 111 Å². The van der Waals surface area contributed by atoms with E-state index >= 15 is 0 Å². The number of methoxy groups -OCH3 is 3. The molecule has 8 aliphatic rings. The average molecular weight is 1720 g/mol. The molecular weight excluding hydrogens is 1650 g/mol. The molecule has 4 saturated heterocycles. The third-order valence-electron chi connectivity index (χ3n) is 21.4. The highest BCUT2D eigenvalue weighted by molar-refractivity contribution is 6.13. The van der Waals surface area contributed by atoms with Gasteiger partial charge in [-0.1, -0.05) is 104 Å². The van der Waals surface area contributed by atoms with Crippen molar-refractivity contribution in [1.82, 2.24) is 77.1 Å². The Hall–Kier alpha value is -16.7. The summed E-state index contributed by atoms with van der Waals surface area (Å²) in [5.41, 5.74) is 2.48. The molecule has 8 N–H and O–H groups in total. The van der Waals surface area contributed by atoms with Crippen LogP contribution in [0.25, 0.3) is 21.9 Å². The Balaban J connectivity index is 0.000000130. The van der Waals surface area contributed by atoms with Crippen molar-refractivity contribution in [3.63, 3.8) is 0 Å². The van der Waals surface area contributed by atoms with E-state index in [1.54, 1.807) is 73.2 Å². The molecule has 8 aliphatic heterocycles. The molecule has 11 heterocycles. The fourth-order valence-electron chi connectivity index (χ4n) is 15.0. The lowest BCUT2D eigenvalue weighted by Gasteiger charge is -2.26. The number of hydrogen-bond donors (Lipinski definition) is 8. The van der Waals surface area contributed by atoms with Crippen molar-refractivity contribution < 1.29 is 94.0 Å². The maximum Gasteiger partial charge on any atom is 0.387 e. The molecule has 10 aromatic rings. The highest BCUT2D eigenvalue weighted by Crippen LogP contribution is 2.35. The summed E-state index contributed by atoms with van der Waals surface area (Å²) >= 11 is 0. The zero-order valence-electron chi connectivity index (χ0n) is 67.8. The Bertz CT molecular complexity index is 6420. The summed E-state index contributed by atoms with van der Waals surface area (Å²) in [5, 5.41) is 20.6. The second-order valence-electron chi connectivity index (χ2n) is 30.3. The number of hydrogen-bond acceptors (Lipinski definition) is 19. The first-order valence-electron chi connectivity index (χ1n) is 39.0. The lowest BCUT2D eigenvalue weighted by molar-refractivity contribution is -0.123. The highest BCUT2D eigenvalue weighted by Gasteiger charge is 2.53. The molecule has 3 aromatic heterocycles. The lowest BCUT2D eigenvalue weighted by atomic mass is 9.97. The van der Waals surface area contributed by atoms with Crippen LogP contribution >= 0.6 is 0 Å². The first-order valence-corrected chi connectivity index (χ1v) is 39.0. The summed E-state index contributed by atoms with van der Waals surface area (Å²) in [5.74, 6) is 18.8. The van der Waals surface area contributed by atoms with Crippen molar-refractivity contribution in [1.29, 1.82) is 0 Å². The van der Waals surface area contributed by atoms with Crippen molar-refractivity contribution >= 4 is 93.3 Å². The van der Waals surface area contributed by atoms with Gasteiger partial charge in [0.1, 0.15) is 34.6 Å². The summed E-state index contributed by atoms with van der Waals surface area (Å²) < 4.78 is 71.7. The Morgan fingerprint density at radius 1 is 0.386 bits per heavy atom. The summed E-state index contributed by atoms with van der Waals surface area (Å²) in [7, 11) is 4.60. The summed E-state index contributed by atoms with van der Waals surface area (Å²) in [6.45, 7) is 1.43. The zero-order valence-corrected chi connectivity index (χ0v) is 67.8. The molecule has 638 valence electrons. The minimum Gasteiger partial charge on any atom is -0.497 e. The maximum absolute atomic E-state index is 13.4. The molecule has 0 saturated carbocycles. The van der Waals surface area contributed by atoms with Crippen molar-refractivity contribution in [3.8, 4) is 70.4 Å². The van der Waals surface area contributed by atoms with E-state index in [0.717, 1.165) is 62.3 Å². The second-order valence-corrected chi connectivity index (χ2v) is 30.3. The number of amides is 16. The number of halogens is 4. The number of nitrogens with one attached hydrogen (secondary N) is 8. The van der Waals surface area contributed by atoms with E-state index in [9.17, 15) is 75.1 Å². The van der Waals surface area contributed by atoms with Gasteiger partial charge in [0.2, 0.25) is 22.2 Å². The topological polar surface area (TPSA) is 390 Å². The monoisotopic (exact) mass is 1720 g/mol. The molecule has 0 radical (unpaired) electrons. The molecule has 35 heteroatoms. The van der Waals surface area contributed by atoms with Crippen LogP contribution in [-0.4, -0.2) is 182 Å². The van der Waals surface area contributed by atoms with Crippen LogP contribution < -0.4 is 61.5 Å². The molecule has 4 atom stereocenters. The maximum atomic E-state index is 13.4. The largest absolute Gasteiger partial charge is 0.497 e. The Kier molecular flexibility index (Phi) is 23.5. The predicted molar refractivity (Wildman–Crippen MR) is 444 cm³/mol. The van der Waals surface area contributed by atoms with Gasteiger partial charge in [0.15, 0.2) is 5.65 Å². The number of ether oxygens (including phenoxy) is 4. The molecule has 2 unspecified atom stereocenters. The molecular formula is C92H71F4N15O16. The van der Waals surface area contributed by atoms with Crippen LogP contribution in [0.4, 0.5) is 36.7 Å². The summed E-state index contributed by atoms with van der Waals surface area (Å²) in [4.78, 5) is 169. The Morgan fingerprint density at radius 3 is 1.15 bits per heavy atom. The van der Waals surface area contributed by atoms with Crippen molar-refractivity contribution in [3.05, 3.63) is 266 Å². The first-order chi connectivity index (χ1) is 60.9. The lowest BCUT2D eigenvalue weighted by Crippen LogP contribution is -2.54. The van der Waals surface area contributed by atoms with E-state index in [2.05, 4.69) is 118 Å². The molecule has 4 fully saturated rings. The minimum atomic E-state index is -3.07. The molecule has 7 aromatic carbocycles. The minimum absolute atomic E-state index is 0.0182. The third kappa shape index (κ3) is 18.2. The van der Waals surface area contributed by atoms with Gasteiger partial charge in [-0.3, -0.25) is 64.6 Å². The molecule has 31 nitrogen and oxygen atoms in total. The average Bonchev–Trinajstić information content (AvgIpc) is 1.63. The Labute approximate surface area is 720 Å². The van der Waals surface area contributed by atoms with Gasteiger partial charge in [0.25, 0.3) is 47.3 Å². The molecule has 0 bridgehead atoms. The summed E-state index contributed by atoms with van der Waals surface area (Å²) in [6, 6.07) is 41.9. The van der Waals surface area contributed by atoms with Gasteiger partial charge in [-0.15, -0.1) is 0 Å². The smallest absolute Gasteiger partial charge is 0.387 e. The van der Waals surface area contributed by atoms with Crippen LogP contribution in [0.3, 0.4) is 0 Å². The number of nitrogens with zero attached hydrogens (tertiary/aromatic N) is 7. The van der Waals surface area contributed by atoms with E-state index in [4.69, 9.17) is 14.2 Å². The fraction of sp³-hybridized carbons (Fsp3) is 0.207. The van der Waals surface area contributed by atoms with Crippen LogP contribution in [0.15, 0.2) is 182 Å². The van der Waals surface area contributed by atoms with Crippen LogP contribution in [0, 0.1) is 59.0 Å². The van der Waals surface area contributed by atoms with Crippen molar-refractivity contribution in [2.45, 2.75) is 74.7 Å². The van der Waals surface area contributed by atoms with E-state index in [-0.39, 0.29) is 60.8 Å². The summed E-state index contributed by atoms with van der Waals surface area (Å²) in [6.07, 6.45) is 4.91. The first kappa shape index (κ1) is 85.3. The molecule has 18 rings (SSSR count). The van der Waals surface area contributed by atoms with Gasteiger partial charge in [-0.05, 0) is 149 Å². The fourth-order valence-corrected chi connectivity index (χ4v) is 15.0. The number of pyridine rings is 3. The van der Waals surface area contributed by atoms with Gasteiger partial charge in [0.05, 0.1) is 53.0 Å². The molecule has 0 aliphatic carbocycles. The van der Waals surface area contributed by atoms with Crippen LogP contribution in [0.2, 0.25) is 0 Å². The van der Waals surface area contributed by atoms with E-state index in [1.165, 1.54) is 53.1 Å². The van der Waals surface area contributed by atoms with Gasteiger partial charge < -0.3 is 59.8 Å². The van der Waals surface area contributed by atoms with Gasteiger partial charge in [0, 0.05) is 106 Å². The molecule has 0 spiro atoms. The highest BCUT2D eigenvalue weighted by atomic mass is 19.3. The van der Waals surface area contributed by atoms with Gasteiger partial charge in [-0.2, -0.15) is 8.78 Å². The number of imide groups is 4. The quantitative estimate of drug-likeness (QED) is 0.0295. The van der Waals surface area contributed by atoms with Crippen LogP contribution in [-0.2, 0) is 45.4 Å². The standard InChI is InChI=1S/C24H18N4O4.C24H23N3O4.C23H17N5O4.C21H13F4N3O4/c1-32-18-6-5-17-13-28(21(29)19(17)12-18)14-24(22(30)26-23(31)27-24)9-8-15-4-7-20-16(11-15)3-2-10-25-20;1-15(2)17-6-4-5-16(11-17)9-10-24(22(29)25-23(30)26-24)14-27-13-18-7-8-19(31-3)12-20(18)21(27)28;1-32-17-5-4-16-12-28(20(29)18(16)10-17)13-23(21(30)26-22(31)27-23)7-6-14-9-15-3-2-8-24-19(15)25-11-14;22-13-5-11(6-14(23)7-13)3-4-21(18(30)26-20(31)27-21)10-28-9-12-1-2-15(32-19(24)25)8-16(12)17(28)29/h2-7,10-12H,13-14H2,1H3,(H2,26,27,30,31);4-8,11-12,15H,13-14H2,1-3H3,(H2,25,26,29,30);2-5,8-11H,12-13H2,1H3,(H2,26,27,30,31);1-2,5-8,19H,9-10H2,(H2,26,27,30,31)/t;24-;23-;/m.00./s1. The number of fused-ring (bicyclic) bond motifs is 6. The van der Waals surface area contributed by atoms with Crippen LogP contribution in [0.5, 0.6) is 23.0 Å². The van der Waals surface area contributed by atoms with Crippen molar-refractivity contribution in [2.24, 2.45) is 0 Å². The second kappa shape index (κ2) is 35.0. The number of alkyl halides is 2. The molecule has 127 heavy (non-hydrogen) atoms. The number of carbonyl (C=O) groups is 12. The molecule has 16 amide bonds. The number of urea groups is 4. The van der Waals surface area contributed by atoms with Gasteiger partial charge >= 0.3 is 30.7 Å². The predicted octanol–water partition coefficient (Wildman–Crippen LogP) is 7.61. The van der Waals surface area contributed by atoms with Gasteiger partial charge in [-0.25, -0.2) is 37.9 Å². The number of rotatable bonds is 14. The van der Waals surface area contributed by atoms with E-state index in [0.29, 0.717) is 87.9 Å². The third-order valence-corrected chi connectivity index (χ3v) is 21.4. The van der Waals surface area contributed by atoms with Crippen molar-refractivity contribution in [2.75, 3.05) is 47.5 Å². The number of aromatic nitrogens is 3. The zero-order chi connectivity index (χ0) is 89.8. The van der Waals surface area contributed by atoms with E-state index in [1.807, 2.05) is 78.1 Å². The SMILES string of the molecule is COc1ccc2c(c1)C(=O)N(CC1(C#Cc3ccc4ncccc4c3)NC(=O)NC1=O)C2.COc1ccc2c(c1)C(=O)N(C[C@]1(C#Cc3cccc(C(C)C)c3)NC(=O)NC1=O)C2.COc1ccc2c(c1)C(=O)N(C[C@]1(C#Cc3cnc4ncccc4c3)NC(=O)NC1=O)C2.O=C1NC(=O)C(C#Cc2cc(F)cc(F)c2)(CN2Cc3ccc(OC(F)F)cc3C2=O)N1. The Morgan fingerprint density at radius 2 is 0.756 bits per heavy atom. The number of benzene rings is 7. The number of carbonyl (C=O) groups excluding carboxylic acids is 12. The normalized spacial score (nSPS) is 19.4.